The molecule has 0 saturated carbocycles. The number of carbonyl (C=O) groups excluding carboxylic acids is 2. The summed E-state index contributed by atoms with van der Waals surface area (Å²) < 4.78 is 27.2. The number of aryl methyl sites for hydroxylation is 1. The average molecular weight is 491 g/mol. The van der Waals surface area contributed by atoms with Gasteiger partial charge in [-0.1, -0.05) is 23.8 Å². The first-order valence-corrected chi connectivity index (χ1v) is 11.5. The molecule has 0 radical (unpaired) electrons. The van der Waals surface area contributed by atoms with E-state index in [2.05, 4.69) is 20.7 Å². The number of carboxylic acid groups (broad SMARTS) is 1. The highest BCUT2D eigenvalue weighted by Crippen LogP contribution is 2.11. The van der Waals surface area contributed by atoms with E-state index >= 15 is 0 Å². The first-order chi connectivity index (χ1) is 16.0. The molecular weight excluding hydrogens is 464 g/mol. The lowest BCUT2D eigenvalue weighted by Gasteiger charge is -2.18. The second-order valence-corrected chi connectivity index (χ2v) is 9.10. The lowest BCUT2D eigenvalue weighted by Crippen LogP contribution is -2.47. The third kappa shape index (κ3) is 8.52. The number of rotatable bonds is 11. The predicted molar refractivity (Wildman–Crippen MR) is 125 cm³/mol. The number of hydrogen-bond acceptors (Lipinski definition) is 6. The summed E-state index contributed by atoms with van der Waals surface area (Å²) in [5, 5.41) is 23.7. The van der Waals surface area contributed by atoms with E-state index in [4.69, 9.17) is 16.2 Å². The van der Waals surface area contributed by atoms with Gasteiger partial charge in [-0.3, -0.25) is 19.8 Å². The monoisotopic (exact) mass is 490 g/mol. The zero-order chi connectivity index (χ0) is 25.3. The van der Waals surface area contributed by atoms with Crippen LogP contribution in [0.25, 0.3) is 0 Å². The number of nitrogens with one attached hydrogen (secondary N) is 5. The summed E-state index contributed by atoms with van der Waals surface area (Å²) in [6, 6.07) is 11.1. The topological polar surface area (TPSA) is 204 Å². The maximum Gasteiger partial charge on any atom is 0.305 e. The van der Waals surface area contributed by atoms with Gasteiger partial charge in [-0.25, -0.2) is 13.1 Å². The van der Waals surface area contributed by atoms with E-state index < -0.39 is 46.8 Å². The standard InChI is InChI=1S/C21H26N6O6S/c1-13-5-7-17(8-6-13)34(32,33)25-11-16(10-19(29)30)26-18(28)12-24-20(31)14-3-2-4-15(9-14)27-21(22)23/h2-9,16,25H,10-12H2,1H3,(H,24,31)(H,26,28)(H,29,30)(H4,22,23,27). The summed E-state index contributed by atoms with van der Waals surface area (Å²) in [6.07, 6.45) is -0.533. The molecule has 34 heavy (non-hydrogen) atoms. The van der Waals surface area contributed by atoms with Gasteiger partial charge in [0.05, 0.1) is 23.9 Å². The van der Waals surface area contributed by atoms with Gasteiger partial charge in [-0.05, 0) is 37.3 Å². The number of benzene rings is 2. The Morgan fingerprint density at radius 2 is 1.79 bits per heavy atom. The quantitative estimate of drug-likeness (QED) is 0.168. The van der Waals surface area contributed by atoms with Crippen molar-refractivity contribution in [2.24, 2.45) is 5.73 Å². The Kier molecular flexibility index (Phi) is 9.10. The Morgan fingerprint density at radius 3 is 2.41 bits per heavy atom. The lowest BCUT2D eigenvalue weighted by molar-refractivity contribution is -0.137. The minimum Gasteiger partial charge on any atom is -0.481 e. The lowest BCUT2D eigenvalue weighted by atomic mass is 10.2. The van der Waals surface area contributed by atoms with Gasteiger partial charge >= 0.3 is 5.97 Å². The van der Waals surface area contributed by atoms with Crippen LogP contribution in [0.3, 0.4) is 0 Å². The van der Waals surface area contributed by atoms with Crippen LogP contribution >= 0.6 is 0 Å². The molecule has 1 unspecified atom stereocenters. The fraction of sp³-hybridized carbons (Fsp3) is 0.238. The molecule has 0 fully saturated rings. The third-order valence-electron chi connectivity index (χ3n) is 4.45. The van der Waals surface area contributed by atoms with Gasteiger partial charge in [0.25, 0.3) is 5.91 Å². The Bertz CT molecular complexity index is 1170. The first kappa shape index (κ1) is 26.3. The Morgan fingerprint density at radius 1 is 1.12 bits per heavy atom. The van der Waals surface area contributed by atoms with Gasteiger partial charge in [0, 0.05) is 17.8 Å². The molecule has 2 aromatic carbocycles. The van der Waals surface area contributed by atoms with Crippen molar-refractivity contribution in [1.82, 2.24) is 15.4 Å². The maximum atomic E-state index is 12.4. The van der Waals surface area contributed by atoms with E-state index in [1.165, 1.54) is 24.3 Å². The fourth-order valence-electron chi connectivity index (χ4n) is 2.83. The van der Waals surface area contributed by atoms with Crippen LogP contribution in [0.2, 0.25) is 0 Å². The maximum absolute atomic E-state index is 12.4. The summed E-state index contributed by atoms with van der Waals surface area (Å²) >= 11 is 0. The zero-order valence-corrected chi connectivity index (χ0v) is 19.1. The van der Waals surface area contributed by atoms with Gasteiger partial charge in [0.1, 0.15) is 0 Å². The molecule has 0 aliphatic heterocycles. The predicted octanol–water partition coefficient (Wildman–Crippen LogP) is -0.0318. The van der Waals surface area contributed by atoms with Crippen molar-refractivity contribution in [3.05, 3.63) is 59.7 Å². The summed E-state index contributed by atoms with van der Waals surface area (Å²) in [7, 11) is -3.91. The molecule has 182 valence electrons. The molecule has 13 heteroatoms. The number of anilines is 1. The molecule has 2 amide bonds. The molecule has 0 saturated heterocycles. The average Bonchev–Trinajstić information content (AvgIpc) is 2.75. The molecule has 1 atom stereocenters. The number of aliphatic carboxylic acids is 1. The number of carboxylic acids is 1. The molecule has 12 nitrogen and oxygen atoms in total. The van der Waals surface area contributed by atoms with Crippen LogP contribution in [0, 0.1) is 12.3 Å². The highest BCUT2D eigenvalue weighted by atomic mass is 32.2. The van der Waals surface area contributed by atoms with E-state index in [1.54, 1.807) is 31.2 Å². The van der Waals surface area contributed by atoms with Crippen LogP contribution in [0.4, 0.5) is 5.69 Å². The van der Waals surface area contributed by atoms with E-state index in [9.17, 15) is 22.8 Å². The van der Waals surface area contributed by atoms with Crippen molar-refractivity contribution in [3.8, 4) is 0 Å². The van der Waals surface area contributed by atoms with Gasteiger partial charge in [-0.2, -0.15) is 0 Å². The molecule has 0 aliphatic rings. The summed E-state index contributed by atoms with van der Waals surface area (Å²) in [5.74, 6) is -2.83. The molecule has 0 heterocycles. The summed E-state index contributed by atoms with van der Waals surface area (Å²) in [4.78, 5) is 35.7. The highest BCUT2D eigenvalue weighted by Gasteiger charge is 2.21. The van der Waals surface area contributed by atoms with Crippen LogP contribution in [0.1, 0.15) is 22.3 Å². The largest absolute Gasteiger partial charge is 0.481 e. The number of guanidine groups is 1. The van der Waals surface area contributed by atoms with Crippen LogP contribution < -0.4 is 26.4 Å². The molecule has 0 aromatic heterocycles. The van der Waals surface area contributed by atoms with Crippen molar-refractivity contribution in [2.75, 3.05) is 18.4 Å². The van der Waals surface area contributed by atoms with Crippen molar-refractivity contribution < 1.29 is 27.9 Å². The number of sulfonamides is 1. The van der Waals surface area contributed by atoms with E-state index in [0.29, 0.717) is 5.69 Å². The highest BCUT2D eigenvalue weighted by molar-refractivity contribution is 7.89. The SMILES string of the molecule is Cc1ccc(S(=O)(=O)NCC(CC(=O)O)NC(=O)CNC(=O)c2cccc(NC(=N)N)c2)cc1. The van der Waals surface area contributed by atoms with Gasteiger partial charge in [0.2, 0.25) is 15.9 Å². The molecule has 0 bridgehead atoms. The minimum absolute atomic E-state index is 0.00672. The molecule has 0 spiro atoms. The third-order valence-corrected chi connectivity index (χ3v) is 5.89. The van der Waals surface area contributed by atoms with E-state index in [0.717, 1.165) is 5.56 Å². The van der Waals surface area contributed by atoms with Gasteiger partial charge in [0.15, 0.2) is 5.96 Å². The smallest absolute Gasteiger partial charge is 0.305 e. The summed E-state index contributed by atoms with van der Waals surface area (Å²) in [5.41, 5.74) is 6.74. The van der Waals surface area contributed by atoms with Crippen molar-refractivity contribution >= 4 is 39.5 Å². The number of carbonyl (C=O) groups is 3. The van der Waals surface area contributed by atoms with E-state index in [-0.39, 0.29) is 23.0 Å². The van der Waals surface area contributed by atoms with Crippen molar-refractivity contribution in [2.45, 2.75) is 24.3 Å². The van der Waals surface area contributed by atoms with Crippen molar-refractivity contribution in [1.29, 1.82) is 5.41 Å². The van der Waals surface area contributed by atoms with E-state index in [1.807, 2.05) is 0 Å². The molecular formula is C21H26N6O6S. The molecule has 0 aliphatic carbocycles. The number of nitrogens with two attached hydrogens (primary N) is 1. The molecule has 2 aromatic rings. The normalized spacial score (nSPS) is 11.8. The Hall–Kier alpha value is -3.97. The second kappa shape index (κ2) is 11.8. The summed E-state index contributed by atoms with van der Waals surface area (Å²) in [6.45, 7) is 0.978. The van der Waals surface area contributed by atoms with Crippen LogP contribution in [0.5, 0.6) is 0 Å². The second-order valence-electron chi connectivity index (χ2n) is 7.33. The fourth-order valence-corrected chi connectivity index (χ4v) is 3.91. The number of amides is 2. The van der Waals surface area contributed by atoms with Crippen molar-refractivity contribution in [3.63, 3.8) is 0 Å². The number of hydrogen-bond donors (Lipinski definition) is 7. The van der Waals surface area contributed by atoms with Gasteiger partial charge < -0.3 is 26.8 Å². The van der Waals surface area contributed by atoms with Crippen LogP contribution in [-0.2, 0) is 19.6 Å². The van der Waals surface area contributed by atoms with Gasteiger partial charge in [-0.15, -0.1) is 0 Å². The Balaban J connectivity index is 1.94. The van der Waals surface area contributed by atoms with Crippen LogP contribution in [-0.4, -0.2) is 56.4 Å². The zero-order valence-electron chi connectivity index (χ0n) is 18.3. The Labute approximate surface area is 196 Å². The molecule has 8 N–H and O–H groups in total. The first-order valence-electron chi connectivity index (χ1n) is 10.0. The van der Waals surface area contributed by atoms with Crippen LogP contribution in [0.15, 0.2) is 53.4 Å². The minimum atomic E-state index is -3.91. The molecule has 2 rings (SSSR count).